The second kappa shape index (κ2) is 5.99. The maximum absolute atomic E-state index is 11.3. The average molecular weight is 347 g/mol. The highest BCUT2D eigenvalue weighted by Gasteiger charge is 2.59. The van der Waals surface area contributed by atoms with Crippen molar-refractivity contribution in [3.05, 3.63) is 0 Å². The third kappa shape index (κ3) is 2.54. The Morgan fingerprint density at radius 3 is 2.64 bits per heavy atom. The van der Waals surface area contributed by atoms with Crippen LogP contribution in [0.3, 0.4) is 0 Å². The zero-order valence-electron chi connectivity index (χ0n) is 16.0. The minimum atomic E-state index is -0.127. The number of oxime groups is 1. The SMILES string of the molecule is CC(=O)O[C@@H]1CC[C@@]2(C)[C@H](CC[C@@H]3[C@@H]2CC[C@]2(C)/C(=N/O)CC[C@@H]32)C1. The van der Waals surface area contributed by atoms with Crippen LogP contribution < -0.4 is 0 Å². The van der Waals surface area contributed by atoms with E-state index >= 15 is 0 Å². The Kier molecular flexibility index (Phi) is 4.16. The Morgan fingerprint density at radius 2 is 1.92 bits per heavy atom. The highest BCUT2D eigenvalue weighted by molar-refractivity contribution is 5.91. The van der Waals surface area contributed by atoms with E-state index in [2.05, 4.69) is 19.0 Å². The molecule has 0 spiro atoms. The number of nitrogens with zero attached hydrogens (tertiary/aromatic N) is 1. The van der Waals surface area contributed by atoms with Crippen LogP contribution in [0.5, 0.6) is 0 Å². The number of fused-ring (bicyclic) bond motifs is 5. The molecule has 0 unspecified atom stereocenters. The van der Waals surface area contributed by atoms with Gasteiger partial charge >= 0.3 is 5.97 Å². The maximum atomic E-state index is 11.3. The van der Waals surface area contributed by atoms with Crippen molar-refractivity contribution in [2.24, 2.45) is 39.7 Å². The molecule has 0 aromatic carbocycles. The number of carbonyl (C=O) groups excluding carboxylic acids is 1. The van der Waals surface area contributed by atoms with Gasteiger partial charge in [-0.05, 0) is 86.9 Å². The summed E-state index contributed by atoms with van der Waals surface area (Å²) in [7, 11) is 0. The van der Waals surface area contributed by atoms with Gasteiger partial charge in [-0.15, -0.1) is 0 Å². The molecule has 4 aliphatic carbocycles. The summed E-state index contributed by atoms with van der Waals surface area (Å²) in [6.45, 7) is 6.41. The lowest BCUT2D eigenvalue weighted by molar-refractivity contribution is -0.158. The van der Waals surface area contributed by atoms with E-state index in [-0.39, 0.29) is 17.5 Å². The molecule has 4 rings (SSSR count). The minimum Gasteiger partial charge on any atom is -0.463 e. The van der Waals surface area contributed by atoms with Crippen molar-refractivity contribution in [2.75, 3.05) is 0 Å². The second-order valence-electron chi connectivity index (χ2n) is 9.70. The highest BCUT2D eigenvalue weighted by Crippen LogP contribution is 2.65. The molecule has 0 heterocycles. The third-order valence-corrected chi connectivity index (χ3v) is 8.81. The van der Waals surface area contributed by atoms with Gasteiger partial charge in [0.1, 0.15) is 6.10 Å². The first-order valence-electron chi connectivity index (χ1n) is 10.3. The van der Waals surface area contributed by atoms with Gasteiger partial charge < -0.3 is 9.94 Å². The Bertz CT molecular complexity index is 588. The van der Waals surface area contributed by atoms with Gasteiger partial charge in [-0.2, -0.15) is 0 Å². The molecule has 4 saturated carbocycles. The summed E-state index contributed by atoms with van der Waals surface area (Å²) in [6.07, 6.45) is 10.6. The summed E-state index contributed by atoms with van der Waals surface area (Å²) in [4.78, 5) is 11.3. The van der Waals surface area contributed by atoms with Crippen LogP contribution in [0.1, 0.15) is 78.6 Å². The van der Waals surface area contributed by atoms with Crippen LogP contribution in [0.2, 0.25) is 0 Å². The topological polar surface area (TPSA) is 58.9 Å². The first-order chi connectivity index (χ1) is 11.9. The van der Waals surface area contributed by atoms with Gasteiger partial charge in [0.25, 0.3) is 0 Å². The lowest BCUT2D eigenvalue weighted by Crippen LogP contribution is -2.54. The lowest BCUT2D eigenvalue weighted by atomic mass is 9.45. The molecule has 0 radical (unpaired) electrons. The van der Waals surface area contributed by atoms with Crippen molar-refractivity contribution in [1.82, 2.24) is 0 Å². The van der Waals surface area contributed by atoms with Crippen LogP contribution in [0.25, 0.3) is 0 Å². The third-order valence-electron chi connectivity index (χ3n) is 8.81. The molecule has 4 nitrogen and oxygen atoms in total. The number of hydrogen-bond acceptors (Lipinski definition) is 4. The van der Waals surface area contributed by atoms with Gasteiger partial charge in [0, 0.05) is 12.3 Å². The zero-order chi connectivity index (χ0) is 17.8. The van der Waals surface area contributed by atoms with Crippen LogP contribution in [0.15, 0.2) is 5.16 Å². The summed E-state index contributed by atoms with van der Waals surface area (Å²) >= 11 is 0. The first kappa shape index (κ1) is 17.4. The van der Waals surface area contributed by atoms with Crippen molar-refractivity contribution >= 4 is 11.7 Å². The molecular weight excluding hydrogens is 314 g/mol. The molecule has 25 heavy (non-hydrogen) atoms. The molecule has 1 N–H and O–H groups in total. The molecule has 7 atom stereocenters. The fourth-order valence-electron chi connectivity index (χ4n) is 7.51. The van der Waals surface area contributed by atoms with Gasteiger partial charge in [0.05, 0.1) is 5.71 Å². The average Bonchev–Trinajstić information content (AvgIpc) is 2.91. The molecule has 0 aliphatic heterocycles. The number of ether oxygens (including phenoxy) is 1. The van der Waals surface area contributed by atoms with Gasteiger partial charge in [-0.3, -0.25) is 4.79 Å². The van der Waals surface area contributed by atoms with Gasteiger partial charge in [0.15, 0.2) is 0 Å². The van der Waals surface area contributed by atoms with Crippen molar-refractivity contribution in [1.29, 1.82) is 0 Å². The van der Waals surface area contributed by atoms with Crippen LogP contribution in [0, 0.1) is 34.5 Å². The smallest absolute Gasteiger partial charge is 0.302 e. The molecule has 0 saturated heterocycles. The summed E-state index contributed by atoms with van der Waals surface area (Å²) in [5, 5.41) is 13.1. The van der Waals surface area contributed by atoms with Crippen LogP contribution in [-0.4, -0.2) is 23.0 Å². The van der Waals surface area contributed by atoms with Crippen LogP contribution >= 0.6 is 0 Å². The van der Waals surface area contributed by atoms with Crippen LogP contribution in [-0.2, 0) is 9.53 Å². The largest absolute Gasteiger partial charge is 0.463 e. The predicted molar refractivity (Wildman–Crippen MR) is 96.5 cm³/mol. The lowest BCUT2D eigenvalue weighted by Gasteiger charge is -2.60. The van der Waals surface area contributed by atoms with Crippen LogP contribution in [0.4, 0.5) is 0 Å². The molecule has 0 bridgehead atoms. The van der Waals surface area contributed by atoms with Crippen molar-refractivity contribution in [3.63, 3.8) is 0 Å². The highest BCUT2D eigenvalue weighted by atomic mass is 16.5. The summed E-state index contributed by atoms with van der Waals surface area (Å²) < 4.78 is 5.55. The Balaban J connectivity index is 1.55. The van der Waals surface area contributed by atoms with Gasteiger partial charge in [-0.1, -0.05) is 19.0 Å². The van der Waals surface area contributed by atoms with E-state index in [9.17, 15) is 10.0 Å². The van der Waals surface area contributed by atoms with E-state index in [4.69, 9.17) is 4.74 Å². The molecular formula is C21H33NO3. The molecule has 0 aromatic rings. The summed E-state index contributed by atoms with van der Waals surface area (Å²) in [5.41, 5.74) is 1.59. The van der Waals surface area contributed by atoms with E-state index < -0.39 is 0 Å². The predicted octanol–water partition coefficient (Wildman–Crippen LogP) is 4.79. The molecule has 140 valence electrons. The standard InChI is InChI=1S/C21H33NO3/c1-13(23)25-15-8-10-20(2)14(12-15)4-5-16-17-6-7-19(22-24)21(17,3)11-9-18(16)20/h14-18,24H,4-12H2,1-3H3/b22-19+/t14-,15-,16+,17+,18+,20+,21+/m1/s1. The van der Waals surface area contributed by atoms with Gasteiger partial charge in [0.2, 0.25) is 0 Å². The Morgan fingerprint density at radius 1 is 1.12 bits per heavy atom. The second-order valence-corrected chi connectivity index (χ2v) is 9.70. The summed E-state index contributed by atoms with van der Waals surface area (Å²) in [5.74, 6) is 2.84. The fraction of sp³-hybridized carbons (Fsp3) is 0.905. The Hall–Kier alpha value is -1.06. The fourth-order valence-corrected chi connectivity index (χ4v) is 7.51. The molecule has 4 heteroatoms. The van der Waals surface area contributed by atoms with Crippen molar-refractivity contribution in [2.45, 2.75) is 84.7 Å². The quantitative estimate of drug-likeness (QED) is 0.421. The van der Waals surface area contributed by atoms with Crippen molar-refractivity contribution in [3.8, 4) is 0 Å². The van der Waals surface area contributed by atoms with E-state index in [1.54, 1.807) is 0 Å². The molecule has 4 aliphatic rings. The summed E-state index contributed by atoms with van der Waals surface area (Å²) in [6, 6.07) is 0. The normalized spacial score (nSPS) is 50.7. The first-order valence-corrected chi connectivity index (χ1v) is 10.3. The minimum absolute atomic E-state index is 0.127. The number of carbonyl (C=O) groups is 1. The number of esters is 1. The molecule has 0 aromatic heterocycles. The van der Waals surface area contributed by atoms with Crippen molar-refractivity contribution < 1.29 is 14.7 Å². The monoisotopic (exact) mass is 347 g/mol. The van der Waals surface area contributed by atoms with E-state index in [0.717, 1.165) is 36.8 Å². The van der Waals surface area contributed by atoms with E-state index in [0.29, 0.717) is 17.3 Å². The number of hydrogen-bond donors (Lipinski definition) is 1. The Labute approximate surface area is 151 Å². The van der Waals surface area contributed by atoms with E-state index in [1.165, 1.54) is 45.4 Å². The van der Waals surface area contributed by atoms with E-state index in [1.807, 2.05) is 0 Å². The number of rotatable bonds is 1. The van der Waals surface area contributed by atoms with Gasteiger partial charge in [-0.25, -0.2) is 0 Å². The molecule has 4 fully saturated rings. The zero-order valence-corrected chi connectivity index (χ0v) is 16.0. The maximum Gasteiger partial charge on any atom is 0.302 e. The molecule has 0 amide bonds.